The number of aryl methyl sites for hydroxylation is 1. The van der Waals surface area contributed by atoms with Crippen molar-refractivity contribution in [3.8, 4) is 28.7 Å². The number of methoxy groups -OCH3 is 2. The maximum Gasteiger partial charge on any atom is 0.276 e. The van der Waals surface area contributed by atoms with Crippen molar-refractivity contribution in [3.05, 3.63) is 48.0 Å². The minimum atomic E-state index is 0.440. The molecule has 0 aliphatic carbocycles. The van der Waals surface area contributed by atoms with Crippen LogP contribution in [0.25, 0.3) is 11.5 Å². The second-order valence-corrected chi connectivity index (χ2v) is 6.69. The summed E-state index contributed by atoms with van der Waals surface area (Å²) in [4.78, 5) is 0. The monoisotopic (exact) mass is 386 g/mol. The summed E-state index contributed by atoms with van der Waals surface area (Å²) in [5.41, 5.74) is 2.04. The molecule has 27 heavy (non-hydrogen) atoms. The predicted molar refractivity (Wildman–Crippen MR) is 105 cm³/mol. The smallest absolute Gasteiger partial charge is 0.276 e. The molecule has 0 aliphatic rings. The van der Waals surface area contributed by atoms with E-state index in [2.05, 4.69) is 29.3 Å². The van der Waals surface area contributed by atoms with E-state index in [-0.39, 0.29) is 0 Å². The average Bonchev–Trinajstić information content (AvgIpc) is 3.19. The van der Waals surface area contributed by atoms with Gasteiger partial charge in [0, 0.05) is 11.3 Å². The molecule has 3 rings (SSSR count). The number of hydrogen-bond donors (Lipinski definition) is 0. The van der Waals surface area contributed by atoms with Gasteiger partial charge in [0.2, 0.25) is 5.89 Å². The first kappa shape index (κ1) is 19.1. The summed E-state index contributed by atoms with van der Waals surface area (Å²) in [6.07, 6.45) is 0.993. The summed E-state index contributed by atoms with van der Waals surface area (Å²) in [7, 11) is 3.19. The van der Waals surface area contributed by atoms with E-state index in [1.165, 1.54) is 17.3 Å². The van der Waals surface area contributed by atoms with Crippen molar-refractivity contribution >= 4 is 11.8 Å². The zero-order chi connectivity index (χ0) is 19.1. The van der Waals surface area contributed by atoms with Crippen molar-refractivity contribution in [3.63, 3.8) is 0 Å². The van der Waals surface area contributed by atoms with Gasteiger partial charge in [0.25, 0.3) is 5.22 Å². The van der Waals surface area contributed by atoms with Gasteiger partial charge in [-0.05, 0) is 42.3 Å². The van der Waals surface area contributed by atoms with E-state index < -0.39 is 0 Å². The highest BCUT2D eigenvalue weighted by Crippen LogP contribution is 2.32. The molecule has 0 bridgehead atoms. The van der Waals surface area contributed by atoms with Crippen LogP contribution in [-0.4, -0.2) is 36.8 Å². The van der Waals surface area contributed by atoms with Gasteiger partial charge in [-0.2, -0.15) is 0 Å². The molecule has 142 valence electrons. The Morgan fingerprint density at radius 2 is 1.85 bits per heavy atom. The van der Waals surface area contributed by atoms with Crippen LogP contribution in [-0.2, 0) is 6.42 Å². The van der Waals surface area contributed by atoms with Crippen LogP contribution in [0.4, 0.5) is 0 Å². The number of benzene rings is 2. The SMILES string of the molecule is CCc1cccc(OCCSc2nnc(-c3ccc(OC)c(OC)c3)o2)c1. The van der Waals surface area contributed by atoms with Gasteiger partial charge >= 0.3 is 0 Å². The highest BCUT2D eigenvalue weighted by Gasteiger charge is 2.12. The molecule has 6 nitrogen and oxygen atoms in total. The predicted octanol–water partition coefficient (Wildman–Crippen LogP) is 4.49. The molecule has 0 unspecified atom stereocenters. The third-order valence-corrected chi connectivity index (χ3v) is 4.70. The molecule has 3 aromatic rings. The van der Waals surface area contributed by atoms with Gasteiger partial charge in [0.05, 0.1) is 20.8 Å². The summed E-state index contributed by atoms with van der Waals surface area (Å²) in [5.74, 6) is 3.30. The largest absolute Gasteiger partial charge is 0.493 e. The van der Waals surface area contributed by atoms with Crippen molar-refractivity contribution in [2.24, 2.45) is 0 Å². The molecule has 0 amide bonds. The summed E-state index contributed by atoms with van der Waals surface area (Å²) in [5, 5.41) is 8.69. The summed E-state index contributed by atoms with van der Waals surface area (Å²) in [6, 6.07) is 13.6. The molecule has 1 aromatic heterocycles. The van der Waals surface area contributed by atoms with E-state index in [0.717, 1.165) is 17.7 Å². The molecule has 7 heteroatoms. The van der Waals surface area contributed by atoms with Crippen LogP contribution in [0.5, 0.6) is 17.2 Å². The van der Waals surface area contributed by atoms with Crippen LogP contribution in [0.15, 0.2) is 52.1 Å². The number of ether oxygens (including phenoxy) is 3. The third kappa shape index (κ3) is 4.95. The Morgan fingerprint density at radius 1 is 1.00 bits per heavy atom. The lowest BCUT2D eigenvalue weighted by Crippen LogP contribution is -2.00. The normalized spacial score (nSPS) is 10.6. The van der Waals surface area contributed by atoms with Crippen molar-refractivity contribution in [1.29, 1.82) is 0 Å². The van der Waals surface area contributed by atoms with Gasteiger partial charge < -0.3 is 18.6 Å². The minimum absolute atomic E-state index is 0.440. The summed E-state index contributed by atoms with van der Waals surface area (Å²) < 4.78 is 22.0. The van der Waals surface area contributed by atoms with Crippen molar-refractivity contribution in [2.75, 3.05) is 26.6 Å². The fourth-order valence-electron chi connectivity index (χ4n) is 2.50. The highest BCUT2D eigenvalue weighted by molar-refractivity contribution is 7.99. The molecular weight excluding hydrogens is 364 g/mol. The average molecular weight is 386 g/mol. The maximum atomic E-state index is 5.78. The first-order chi connectivity index (χ1) is 13.2. The van der Waals surface area contributed by atoms with Crippen LogP contribution < -0.4 is 14.2 Å². The fraction of sp³-hybridized carbons (Fsp3) is 0.300. The number of aromatic nitrogens is 2. The second kappa shape index (κ2) is 9.32. The van der Waals surface area contributed by atoms with Gasteiger partial charge in [-0.3, -0.25) is 0 Å². The first-order valence-corrected chi connectivity index (χ1v) is 9.62. The lowest BCUT2D eigenvalue weighted by atomic mass is 10.2. The van der Waals surface area contributed by atoms with E-state index in [0.29, 0.717) is 35.0 Å². The third-order valence-electron chi connectivity index (χ3n) is 3.92. The van der Waals surface area contributed by atoms with Crippen LogP contribution in [0.1, 0.15) is 12.5 Å². The van der Waals surface area contributed by atoms with Crippen LogP contribution in [0.3, 0.4) is 0 Å². The lowest BCUT2D eigenvalue weighted by Gasteiger charge is -2.07. The molecule has 0 fully saturated rings. The zero-order valence-electron chi connectivity index (χ0n) is 15.6. The Hall–Kier alpha value is -2.67. The molecule has 2 aromatic carbocycles. The molecule has 0 N–H and O–H groups in total. The number of hydrogen-bond acceptors (Lipinski definition) is 7. The quantitative estimate of drug-likeness (QED) is 0.396. The lowest BCUT2D eigenvalue weighted by molar-refractivity contribution is 0.343. The van der Waals surface area contributed by atoms with E-state index in [1.54, 1.807) is 14.2 Å². The molecule has 0 aliphatic heterocycles. The molecular formula is C20H22N2O4S. The number of nitrogens with zero attached hydrogens (tertiary/aromatic N) is 2. The standard InChI is InChI=1S/C20H22N2O4S/c1-4-14-6-5-7-16(12-14)25-10-11-27-20-22-21-19(26-20)15-8-9-17(23-2)18(13-15)24-3/h5-9,12-13H,4,10-11H2,1-3H3. The molecule has 0 atom stereocenters. The van der Waals surface area contributed by atoms with Crippen LogP contribution in [0.2, 0.25) is 0 Å². The summed E-state index contributed by atoms with van der Waals surface area (Å²) >= 11 is 1.46. The van der Waals surface area contributed by atoms with Crippen molar-refractivity contribution in [2.45, 2.75) is 18.6 Å². The zero-order valence-corrected chi connectivity index (χ0v) is 16.4. The van der Waals surface area contributed by atoms with E-state index in [1.807, 2.05) is 30.3 Å². The Morgan fingerprint density at radius 3 is 2.63 bits per heavy atom. The van der Waals surface area contributed by atoms with Crippen LogP contribution >= 0.6 is 11.8 Å². The second-order valence-electron chi connectivity index (χ2n) is 5.64. The first-order valence-electron chi connectivity index (χ1n) is 8.64. The molecule has 0 spiro atoms. The molecule has 1 heterocycles. The van der Waals surface area contributed by atoms with E-state index >= 15 is 0 Å². The molecule has 0 saturated heterocycles. The highest BCUT2D eigenvalue weighted by atomic mass is 32.2. The van der Waals surface area contributed by atoms with Gasteiger partial charge in [-0.15, -0.1) is 10.2 Å². The maximum absolute atomic E-state index is 5.78. The van der Waals surface area contributed by atoms with Crippen molar-refractivity contribution in [1.82, 2.24) is 10.2 Å². The number of thioether (sulfide) groups is 1. The van der Waals surface area contributed by atoms with Crippen molar-refractivity contribution < 1.29 is 18.6 Å². The fourth-order valence-corrected chi connectivity index (χ4v) is 3.08. The van der Waals surface area contributed by atoms with Gasteiger partial charge in [-0.25, -0.2) is 0 Å². The molecule has 0 radical (unpaired) electrons. The molecule has 0 saturated carbocycles. The van der Waals surface area contributed by atoms with Gasteiger partial charge in [0.15, 0.2) is 11.5 Å². The van der Waals surface area contributed by atoms with Crippen LogP contribution in [0, 0.1) is 0 Å². The topological polar surface area (TPSA) is 66.6 Å². The van der Waals surface area contributed by atoms with E-state index in [4.69, 9.17) is 18.6 Å². The Balaban J connectivity index is 1.55. The van der Waals surface area contributed by atoms with E-state index in [9.17, 15) is 0 Å². The summed E-state index contributed by atoms with van der Waals surface area (Å²) in [6.45, 7) is 2.69. The Bertz CT molecular complexity index is 882. The number of rotatable bonds is 9. The van der Waals surface area contributed by atoms with Gasteiger partial charge in [0.1, 0.15) is 5.75 Å². The minimum Gasteiger partial charge on any atom is -0.493 e. The Kier molecular flexibility index (Phi) is 6.59. The van der Waals surface area contributed by atoms with Gasteiger partial charge in [-0.1, -0.05) is 30.8 Å². The Labute approximate surface area is 162 Å².